The van der Waals surface area contributed by atoms with E-state index >= 15 is 0 Å². The molecule has 8 N–H and O–H groups in total. The van der Waals surface area contributed by atoms with Crippen molar-refractivity contribution in [1.82, 2.24) is 19.6 Å². The van der Waals surface area contributed by atoms with Gasteiger partial charge >= 0.3 is 70.8 Å². The first-order chi connectivity index (χ1) is 14.3. The van der Waals surface area contributed by atoms with Gasteiger partial charge in [0.05, 0.1) is 0 Å². The minimum absolute atomic E-state index is 0. The average Bonchev–Trinajstić information content (AvgIpc) is 2.52. The number of rotatable bonds is 8. The summed E-state index contributed by atoms with van der Waals surface area (Å²) in [6.07, 6.45) is -2.59. The Morgan fingerprint density at radius 3 is 0.606 bits per heavy atom. The molecule has 1 fully saturated rings. The minimum atomic E-state index is -4.48. The van der Waals surface area contributed by atoms with E-state index in [1.807, 2.05) is 0 Å². The second-order valence-corrected chi connectivity index (χ2v) is 14.1. The van der Waals surface area contributed by atoms with Gasteiger partial charge in [0, 0.05) is 52.4 Å². The van der Waals surface area contributed by atoms with E-state index in [-0.39, 0.29) is 92.7 Å². The molecule has 0 aromatic heterocycles. The Morgan fingerprint density at radius 2 is 0.515 bits per heavy atom. The molecule has 0 unspecified atom stereocenters. The van der Waals surface area contributed by atoms with E-state index in [1.54, 1.807) is 0 Å². The first kappa shape index (κ1) is 34.8. The van der Waals surface area contributed by atoms with Gasteiger partial charge in [-0.1, -0.05) is 0 Å². The zero-order valence-electron chi connectivity index (χ0n) is 17.7. The molecule has 0 atom stereocenters. The van der Waals surface area contributed by atoms with Crippen molar-refractivity contribution in [2.24, 2.45) is 0 Å². The van der Waals surface area contributed by atoms with Gasteiger partial charge in [0.25, 0.3) is 0 Å². The van der Waals surface area contributed by atoms with Crippen LogP contribution in [0.2, 0.25) is 0 Å². The summed E-state index contributed by atoms with van der Waals surface area (Å²) in [6.45, 7) is -0.0527. The standard InChI is InChI=1S/C12H32N4O12P4.Sm/c17-29(18,19)9-13-1-2-14(10-30(20,21)22)5-6-16(12-32(26,27)28)8-7-15(4-3-13)11-31(23,24)25;/h1-12H2,(H2,17,18,19)(H2,20,21,22)(H2,23,24,25)(H2,26,27,28);/q;+3/i;1+3. The topological polar surface area (TPSA) is 243 Å². The van der Waals surface area contributed by atoms with Crippen LogP contribution in [0.3, 0.4) is 0 Å². The van der Waals surface area contributed by atoms with E-state index in [4.69, 9.17) is 0 Å². The maximum atomic E-state index is 11.5. The fourth-order valence-electron chi connectivity index (χ4n) is 3.19. The fraction of sp³-hybridized carbons (Fsp3) is 1.00. The van der Waals surface area contributed by atoms with E-state index in [9.17, 15) is 57.4 Å². The van der Waals surface area contributed by atoms with E-state index in [1.165, 1.54) is 19.6 Å². The second kappa shape index (κ2) is 14.6. The molecule has 1 aliphatic heterocycles. The van der Waals surface area contributed by atoms with Gasteiger partial charge in [-0.3, -0.25) is 37.9 Å². The summed E-state index contributed by atoms with van der Waals surface area (Å²) < 4.78 is 45.9. The van der Waals surface area contributed by atoms with E-state index in [0.29, 0.717) is 0 Å². The summed E-state index contributed by atoms with van der Waals surface area (Å²) in [5.41, 5.74) is 0. The predicted molar refractivity (Wildman–Crippen MR) is 114 cm³/mol. The number of nitrogens with zero attached hydrogens (tertiary/aromatic N) is 4. The van der Waals surface area contributed by atoms with Crippen LogP contribution in [-0.2, 0) is 18.3 Å². The Kier molecular flexibility index (Phi) is 15.4. The van der Waals surface area contributed by atoms with Crippen LogP contribution in [0.25, 0.3) is 0 Å². The molecule has 33 heavy (non-hydrogen) atoms. The van der Waals surface area contributed by atoms with Crippen molar-refractivity contribution in [2.75, 3.05) is 77.5 Å². The van der Waals surface area contributed by atoms with Crippen LogP contribution >= 0.6 is 30.4 Å². The third kappa shape index (κ3) is 19.5. The second-order valence-electron chi connectivity index (χ2n) is 7.70. The molecule has 16 nitrogen and oxygen atoms in total. The molecule has 1 radical (unpaired) electrons. The van der Waals surface area contributed by atoms with Gasteiger partial charge in [-0.05, 0) is 0 Å². The van der Waals surface area contributed by atoms with E-state index < -0.39 is 55.5 Å². The molecule has 0 bridgehead atoms. The number of hydrogen-bond acceptors (Lipinski definition) is 8. The van der Waals surface area contributed by atoms with Crippen LogP contribution in [0.1, 0.15) is 0 Å². The Hall–Kier alpha value is 1.78. The largest absolute Gasteiger partial charge is 3.00 e. The van der Waals surface area contributed by atoms with Crippen molar-refractivity contribution in [2.45, 2.75) is 0 Å². The molecule has 0 aromatic rings. The van der Waals surface area contributed by atoms with Crippen LogP contribution in [0.5, 0.6) is 0 Å². The van der Waals surface area contributed by atoms with Gasteiger partial charge in [0.2, 0.25) is 0 Å². The molecule has 1 rings (SSSR count). The number of hydrogen-bond donors (Lipinski definition) is 8. The van der Waals surface area contributed by atoms with E-state index in [0.717, 1.165) is 0 Å². The van der Waals surface area contributed by atoms with Crippen molar-refractivity contribution in [1.29, 1.82) is 0 Å². The van der Waals surface area contributed by atoms with Crippen LogP contribution < -0.4 is 0 Å². The van der Waals surface area contributed by atoms with Crippen molar-refractivity contribution >= 4 is 30.4 Å². The zero-order chi connectivity index (χ0) is 24.8. The Morgan fingerprint density at radius 1 is 0.394 bits per heavy atom. The van der Waals surface area contributed by atoms with Crippen LogP contribution in [0.15, 0.2) is 0 Å². The van der Waals surface area contributed by atoms with Gasteiger partial charge in [0.15, 0.2) is 0 Å². The third-order valence-corrected chi connectivity index (χ3v) is 7.54. The molecule has 0 aromatic carbocycles. The summed E-state index contributed by atoms with van der Waals surface area (Å²) in [7, 11) is -17.9. The van der Waals surface area contributed by atoms with Crippen molar-refractivity contribution in [3.63, 3.8) is 0 Å². The predicted octanol–water partition coefficient (Wildman–Crippen LogP) is -2.25. The zero-order valence-corrected chi connectivity index (χ0v) is 23.9. The van der Waals surface area contributed by atoms with E-state index in [2.05, 4.69) is 0 Å². The molecular formula is C12H32N4O12P4Sm+3. The summed E-state index contributed by atoms with van der Waals surface area (Å²) in [6, 6.07) is 0. The molecule has 195 valence electrons. The summed E-state index contributed by atoms with van der Waals surface area (Å²) in [5.74, 6) is 0. The van der Waals surface area contributed by atoms with Crippen LogP contribution in [-0.4, -0.2) is 136 Å². The van der Waals surface area contributed by atoms with Crippen molar-refractivity contribution in [3.8, 4) is 0 Å². The maximum absolute atomic E-state index is 11.5. The molecule has 0 aliphatic carbocycles. The molecule has 1 saturated heterocycles. The Balaban J connectivity index is 0.0000102. The van der Waals surface area contributed by atoms with Gasteiger partial charge in [0.1, 0.15) is 25.1 Å². The summed E-state index contributed by atoms with van der Waals surface area (Å²) >= 11 is 0. The molecule has 0 amide bonds. The van der Waals surface area contributed by atoms with Gasteiger partial charge in [-0.25, -0.2) is 0 Å². The molecule has 1 aliphatic rings. The summed E-state index contributed by atoms with van der Waals surface area (Å²) in [4.78, 5) is 79.9. The van der Waals surface area contributed by atoms with Gasteiger partial charge in [-0.2, -0.15) is 0 Å². The minimum Gasteiger partial charge on any atom is -0.324 e. The smallest absolute Gasteiger partial charge is 0.324 e. The van der Waals surface area contributed by atoms with Crippen LogP contribution in [0.4, 0.5) is 0 Å². The van der Waals surface area contributed by atoms with Crippen molar-refractivity contribution in [3.05, 3.63) is 0 Å². The SMILES string of the molecule is O=P(O)(O)CN1CCN(CP(=O)(O)O)CCN(CP(=O)(O)O)CCN(CP(=O)(O)O)CC1.[153Sm+3]. The molecule has 1 heterocycles. The molecule has 0 spiro atoms. The fourth-order valence-corrected chi connectivity index (χ4v) is 6.40. The summed E-state index contributed by atoms with van der Waals surface area (Å²) in [5, 5.41) is 0. The quantitative estimate of drug-likeness (QED) is 0.125. The Labute approximate surface area is 224 Å². The first-order valence-corrected chi connectivity index (χ1v) is 16.6. The van der Waals surface area contributed by atoms with Crippen molar-refractivity contribution < 1.29 is 97.8 Å². The molecule has 0 saturated carbocycles. The van der Waals surface area contributed by atoms with Gasteiger partial charge < -0.3 is 39.1 Å². The third-order valence-electron chi connectivity index (χ3n) is 4.47. The normalized spacial score (nSPS) is 20.6. The van der Waals surface area contributed by atoms with Gasteiger partial charge in [-0.15, -0.1) is 0 Å². The Bertz CT molecular complexity index is 640. The molecular weight excluding hydrogens is 669 g/mol. The monoisotopic (exact) mass is 701 g/mol. The first-order valence-electron chi connectivity index (χ1n) is 9.39. The average molecular weight is 701 g/mol. The van der Waals surface area contributed by atoms with Crippen LogP contribution in [0, 0.1) is 40.4 Å². The maximum Gasteiger partial charge on any atom is 3.00 e. The molecule has 21 heteroatoms.